The summed E-state index contributed by atoms with van der Waals surface area (Å²) in [6.07, 6.45) is 0.272. The van der Waals surface area contributed by atoms with E-state index in [0.717, 1.165) is 18.8 Å². The lowest BCUT2D eigenvalue weighted by molar-refractivity contribution is -0.136. The van der Waals surface area contributed by atoms with Crippen molar-refractivity contribution in [3.05, 3.63) is 54.1 Å². The van der Waals surface area contributed by atoms with Crippen molar-refractivity contribution in [2.24, 2.45) is 5.92 Å². The predicted octanol–water partition coefficient (Wildman–Crippen LogP) is 2.71. The van der Waals surface area contributed by atoms with Crippen LogP contribution in [0.2, 0.25) is 0 Å². The van der Waals surface area contributed by atoms with E-state index in [1.807, 2.05) is 29.2 Å². The molecule has 2 heterocycles. The fraction of sp³-hybridized carbons (Fsp3) is 0.391. The summed E-state index contributed by atoms with van der Waals surface area (Å²) in [5.74, 6) is 0.513. The number of anilines is 2. The van der Waals surface area contributed by atoms with Gasteiger partial charge in [0, 0.05) is 56.6 Å². The van der Waals surface area contributed by atoms with Gasteiger partial charge in [0.1, 0.15) is 5.75 Å². The smallest absolute Gasteiger partial charge is 0.228 e. The van der Waals surface area contributed by atoms with E-state index in [1.54, 1.807) is 12.0 Å². The maximum absolute atomic E-state index is 13.0. The second-order valence-electron chi connectivity index (χ2n) is 7.76. The van der Waals surface area contributed by atoms with E-state index in [9.17, 15) is 9.59 Å². The molecule has 0 spiro atoms. The normalized spacial score (nSPS) is 19.6. The van der Waals surface area contributed by atoms with Crippen LogP contribution < -0.4 is 14.5 Å². The lowest BCUT2D eigenvalue weighted by atomic mass is 10.1. The molecule has 2 fully saturated rings. The third kappa shape index (κ3) is 4.06. The van der Waals surface area contributed by atoms with Gasteiger partial charge < -0.3 is 19.4 Å². The summed E-state index contributed by atoms with van der Waals surface area (Å²) in [6, 6.07) is 15.9. The molecule has 2 amide bonds. The Morgan fingerprint density at radius 2 is 1.72 bits per heavy atom. The lowest BCUT2D eigenvalue weighted by Crippen LogP contribution is -2.50. The van der Waals surface area contributed by atoms with Crippen LogP contribution in [-0.2, 0) is 9.59 Å². The van der Waals surface area contributed by atoms with Crippen molar-refractivity contribution in [2.75, 3.05) is 49.6 Å². The number of benzene rings is 2. The number of methoxy groups -OCH3 is 1. The number of rotatable bonds is 4. The first kappa shape index (κ1) is 19.3. The van der Waals surface area contributed by atoms with Crippen LogP contribution in [-0.4, -0.2) is 56.5 Å². The Hall–Kier alpha value is -3.02. The number of ether oxygens (including phenoxy) is 1. The SMILES string of the molecule is COc1cccc(N2CC(C(=O)N3CCN(c4cccc(C)c4)CC3)CC2=O)c1. The zero-order chi connectivity index (χ0) is 20.4. The second-order valence-corrected chi connectivity index (χ2v) is 7.76. The molecule has 0 saturated carbocycles. The minimum absolute atomic E-state index is 0.00463. The standard InChI is InChI=1S/C23H27N3O3/c1-17-5-3-6-19(13-17)24-9-11-25(12-10-24)23(28)18-14-22(27)26(16-18)20-7-4-8-21(15-20)29-2/h3-8,13,15,18H,9-12,14,16H2,1-2H3. The summed E-state index contributed by atoms with van der Waals surface area (Å²) >= 11 is 0. The van der Waals surface area contributed by atoms with E-state index in [4.69, 9.17) is 4.74 Å². The molecule has 0 aromatic heterocycles. The molecule has 0 N–H and O–H groups in total. The third-order valence-electron chi connectivity index (χ3n) is 5.80. The van der Waals surface area contributed by atoms with E-state index in [1.165, 1.54) is 11.3 Å². The first-order valence-corrected chi connectivity index (χ1v) is 10.1. The van der Waals surface area contributed by atoms with Crippen LogP contribution in [0.15, 0.2) is 48.5 Å². The van der Waals surface area contributed by atoms with Gasteiger partial charge in [-0.15, -0.1) is 0 Å². The topological polar surface area (TPSA) is 53.1 Å². The number of carbonyl (C=O) groups is 2. The van der Waals surface area contributed by atoms with Gasteiger partial charge in [-0.1, -0.05) is 18.2 Å². The van der Waals surface area contributed by atoms with Crippen molar-refractivity contribution in [3.8, 4) is 5.75 Å². The van der Waals surface area contributed by atoms with Gasteiger partial charge in [0.2, 0.25) is 11.8 Å². The molecule has 152 valence electrons. The molecule has 2 aliphatic heterocycles. The summed E-state index contributed by atoms with van der Waals surface area (Å²) in [4.78, 5) is 31.5. The molecule has 6 heteroatoms. The van der Waals surface area contributed by atoms with Crippen LogP contribution >= 0.6 is 0 Å². The van der Waals surface area contributed by atoms with Gasteiger partial charge >= 0.3 is 0 Å². The first-order chi connectivity index (χ1) is 14.0. The molecule has 2 aliphatic rings. The van der Waals surface area contributed by atoms with Gasteiger partial charge in [-0.05, 0) is 36.8 Å². The van der Waals surface area contributed by atoms with Crippen molar-refractivity contribution in [3.63, 3.8) is 0 Å². The molecule has 0 radical (unpaired) electrons. The molecule has 2 aromatic rings. The molecule has 2 saturated heterocycles. The minimum Gasteiger partial charge on any atom is -0.497 e. The molecular weight excluding hydrogens is 366 g/mol. The summed E-state index contributed by atoms with van der Waals surface area (Å²) in [7, 11) is 1.60. The van der Waals surface area contributed by atoms with Crippen molar-refractivity contribution in [1.29, 1.82) is 0 Å². The highest BCUT2D eigenvalue weighted by Crippen LogP contribution is 2.29. The number of amides is 2. The van der Waals surface area contributed by atoms with Crippen LogP contribution in [0.5, 0.6) is 5.75 Å². The Balaban J connectivity index is 1.37. The maximum Gasteiger partial charge on any atom is 0.228 e. The van der Waals surface area contributed by atoms with Crippen LogP contribution in [0, 0.1) is 12.8 Å². The minimum atomic E-state index is -0.278. The Morgan fingerprint density at radius 1 is 1.00 bits per heavy atom. The van der Waals surface area contributed by atoms with Crippen LogP contribution in [0.4, 0.5) is 11.4 Å². The molecule has 1 unspecified atom stereocenters. The predicted molar refractivity (Wildman–Crippen MR) is 113 cm³/mol. The van der Waals surface area contributed by atoms with Crippen LogP contribution in [0.3, 0.4) is 0 Å². The summed E-state index contributed by atoms with van der Waals surface area (Å²) in [5.41, 5.74) is 3.23. The number of hydrogen-bond donors (Lipinski definition) is 0. The Labute approximate surface area is 171 Å². The fourth-order valence-corrected chi connectivity index (χ4v) is 4.17. The Kier molecular flexibility index (Phi) is 5.43. The number of carbonyl (C=O) groups excluding carboxylic acids is 2. The molecule has 2 aromatic carbocycles. The van der Waals surface area contributed by atoms with E-state index in [-0.39, 0.29) is 24.2 Å². The van der Waals surface area contributed by atoms with Gasteiger partial charge in [0.25, 0.3) is 0 Å². The highest BCUT2D eigenvalue weighted by molar-refractivity contribution is 6.00. The molecule has 0 bridgehead atoms. The molecular formula is C23H27N3O3. The van der Waals surface area contributed by atoms with Crippen molar-refractivity contribution in [2.45, 2.75) is 13.3 Å². The largest absolute Gasteiger partial charge is 0.497 e. The molecule has 0 aliphatic carbocycles. The van der Waals surface area contributed by atoms with E-state index < -0.39 is 0 Å². The van der Waals surface area contributed by atoms with Gasteiger partial charge in [0.15, 0.2) is 0 Å². The van der Waals surface area contributed by atoms with E-state index in [2.05, 4.69) is 36.1 Å². The number of nitrogens with zero attached hydrogens (tertiary/aromatic N) is 3. The second kappa shape index (κ2) is 8.15. The van der Waals surface area contributed by atoms with Crippen molar-refractivity contribution < 1.29 is 14.3 Å². The van der Waals surface area contributed by atoms with Crippen molar-refractivity contribution in [1.82, 2.24) is 4.90 Å². The highest BCUT2D eigenvalue weighted by Gasteiger charge is 2.38. The highest BCUT2D eigenvalue weighted by atomic mass is 16.5. The van der Waals surface area contributed by atoms with E-state index in [0.29, 0.717) is 25.4 Å². The Morgan fingerprint density at radius 3 is 2.45 bits per heavy atom. The average Bonchev–Trinajstić information content (AvgIpc) is 3.15. The zero-order valence-electron chi connectivity index (χ0n) is 17.0. The van der Waals surface area contributed by atoms with E-state index >= 15 is 0 Å². The van der Waals surface area contributed by atoms with Gasteiger partial charge in [-0.3, -0.25) is 9.59 Å². The van der Waals surface area contributed by atoms with Crippen LogP contribution in [0.1, 0.15) is 12.0 Å². The fourth-order valence-electron chi connectivity index (χ4n) is 4.17. The number of aryl methyl sites for hydroxylation is 1. The summed E-state index contributed by atoms with van der Waals surface area (Å²) in [5, 5.41) is 0. The maximum atomic E-state index is 13.0. The van der Waals surface area contributed by atoms with Crippen molar-refractivity contribution >= 4 is 23.2 Å². The summed E-state index contributed by atoms with van der Waals surface area (Å²) in [6.45, 7) is 5.54. The number of hydrogen-bond acceptors (Lipinski definition) is 4. The summed E-state index contributed by atoms with van der Waals surface area (Å²) < 4.78 is 5.26. The van der Waals surface area contributed by atoms with Gasteiger partial charge in [0.05, 0.1) is 13.0 Å². The quantitative estimate of drug-likeness (QED) is 0.802. The van der Waals surface area contributed by atoms with Crippen LogP contribution in [0.25, 0.3) is 0 Å². The van der Waals surface area contributed by atoms with Gasteiger partial charge in [-0.25, -0.2) is 0 Å². The van der Waals surface area contributed by atoms with Gasteiger partial charge in [-0.2, -0.15) is 0 Å². The number of piperazine rings is 1. The Bertz CT molecular complexity index is 906. The molecule has 4 rings (SSSR count). The third-order valence-corrected chi connectivity index (χ3v) is 5.80. The zero-order valence-corrected chi connectivity index (χ0v) is 17.0. The monoisotopic (exact) mass is 393 g/mol. The molecule has 29 heavy (non-hydrogen) atoms. The molecule has 6 nitrogen and oxygen atoms in total. The first-order valence-electron chi connectivity index (χ1n) is 10.1. The lowest BCUT2D eigenvalue weighted by Gasteiger charge is -2.37. The molecule has 1 atom stereocenters. The average molecular weight is 393 g/mol.